The minimum absolute atomic E-state index is 0.0394. The van der Waals surface area contributed by atoms with E-state index in [1.54, 1.807) is 11.5 Å². The molecule has 1 aromatic heterocycles. The third-order valence-corrected chi connectivity index (χ3v) is 7.12. The minimum Gasteiger partial charge on any atom is -0.367 e. The zero-order valence-corrected chi connectivity index (χ0v) is 20.5. The third kappa shape index (κ3) is 6.25. The number of aromatic nitrogens is 1. The topological polar surface area (TPSA) is 57.7 Å². The summed E-state index contributed by atoms with van der Waals surface area (Å²) in [6, 6.07) is 26.5. The molecule has 2 heterocycles. The number of hydrogen-bond donors (Lipinski definition) is 1. The molecule has 0 spiro atoms. The summed E-state index contributed by atoms with van der Waals surface area (Å²) in [6.45, 7) is 5.52. The van der Waals surface area contributed by atoms with Crippen LogP contribution < -0.4 is 10.2 Å². The van der Waals surface area contributed by atoms with E-state index in [1.165, 1.54) is 15.6 Å². The molecule has 35 heavy (non-hydrogen) atoms. The Kier molecular flexibility index (Phi) is 7.68. The average molecular weight is 487 g/mol. The maximum atomic E-state index is 12.3. The summed E-state index contributed by atoms with van der Waals surface area (Å²) in [5, 5.41) is 4.21. The monoisotopic (exact) mass is 486 g/mol. The van der Waals surface area contributed by atoms with Gasteiger partial charge in [0.2, 0.25) is 5.91 Å². The molecule has 0 radical (unpaired) electrons. The largest absolute Gasteiger partial charge is 0.367 e. The number of benzene rings is 3. The molecule has 0 aliphatic carbocycles. The van der Waals surface area contributed by atoms with Crippen molar-refractivity contribution in [1.82, 2.24) is 9.27 Å². The number of amides is 1. The van der Waals surface area contributed by atoms with Crippen LogP contribution in [0.5, 0.6) is 0 Å². The number of rotatable bonds is 9. The molecule has 1 aliphatic heterocycles. The number of hydrogen-bond acceptors (Lipinski definition) is 6. The van der Waals surface area contributed by atoms with Crippen LogP contribution in [0.3, 0.4) is 0 Å². The smallest absolute Gasteiger partial charge is 0.250 e. The molecule has 5 rings (SSSR count). The second kappa shape index (κ2) is 11.4. The fraction of sp³-hybridized carbons (Fsp3) is 0.286. The second-order valence-corrected chi connectivity index (χ2v) is 9.61. The van der Waals surface area contributed by atoms with Gasteiger partial charge in [0.25, 0.3) is 0 Å². The summed E-state index contributed by atoms with van der Waals surface area (Å²) in [7, 11) is 0. The molecule has 1 amide bonds. The number of fused-ring (bicyclic) bond motifs is 1. The van der Waals surface area contributed by atoms with Crippen LogP contribution in [0, 0.1) is 0 Å². The van der Waals surface area contributed by atoms with Crippen molar-refractivity contribution in [2.75, 3.05) is 49.5 Å². The highest BCUT2D eigenvalue weighted by Crippen LogP contribution is 2.29. The van der Waals surface area contributed by atoms with Crippen LogP contribution in [0.1, 0.15) is 11.1 Å². The Morgan fingerprint density at radius 1 is 0.914 bits per heavy atom. The van der Waals surface area contributed by atoms with Crippen LogP contribution in [0.15, 0.2) is 78.9 Å². The lowest BCUT2D eigenvalue weighted by Crippen LogP contribution is -2.47. The fourth-order valence-electron chi connectivity index (χ4n) is 4.41. The SMILES string of the molecule is O=C(COCc1ccccc1)Nc1cccc(CCN2CCN(c3nsc4ccccc34)CC2)c1. The highest BCUT2D eigenvalue weighted by atomic mass is 32.1. The Morgan fingerprint density at radius 2 is 1.69 bits per heavy atom. The fourth-order valence-corrected chi connectivity index (χ4v) is 5.20. The van der Waals surface area contributed by atoms with Crippen LogP contribution in [0.25, 0.3) is 10.1 Å². The van der Waals surface area contributed by atoms with Gasteiger partial charge >= 0.3 is 0 Å². The van der Waals surface area contributed by atoms with E-state index in [2.05, 4.69) is 51.5 Å². The van der Waals surface area contributed by atoms with Gasteiger partial charge in [0.1, 0.15) is 12.4 Å². The molecule has 0 bridgehead atoms. The molecular weight excluding hydrogens is 456 g/mol. The van der Waals surface area contributed by atoms with Gasteiger partial charge in [-0.3, -0.25) is 9.69 Å². The van der Waals surface area contributed by atoms with Crippen LogP contribution in [-0.2, 0) is 22.6 Å². The maximum absolute atomic E-state index is 12.3. The molecule has 180 valence electrons. The van der Waals surface area contributed by atoms with Crippen molar-refractivity contribution in [3.05, 3.63) is 90.0 Å². The van der Waals surface area contributed by atoms with Crippen molar-refractivity contribution in [1.29, 1.82) is 0 Å². The Balaban J connectivity index is 1.06. The number of piperazine rings is 1. The quantitative estimate of drug-likeness (QED) is 0.368. The van der Waals surface area contributed by atoms with Gasteiger partial charge in [-0.1, -0.05) is 54.6 Å². The van der Waals surface area contributed by atoms with Gasteiger partial charge in [0.15, 0.2) is 0 Å². The molecule has 7 heteroatoms. The number of carbonyl (C=O) groups is 1. The average Bonchev–Trinajstić information content (AvgIpc) is 3.33. The summed E-state index contributed by atoms with van der Waals surface area (Å²) in [5.74, 6) is 0.991. The first-order chi connectivity index (χ1) is 17.2. The molecule has 0 atom stereocenters. The van der Waals surface area contributed by atoms with Crippen molar-refractivity contribution < 1.29 is 9.53 Å². The van der Waals surface area contributed by atoms with Gasteiger partial charge in [0.05, 0.1) is 11.3 Å². The molecule has 4 aromatic rings. The van der Waals surface area contributed by atoms with Crippen LogP contribution in [-0.4, -0.2) is 54.5 Å². The number of ether oxygens (including phenoxy) is 1. The Hall–Kier alpha value is -3.26. The van der Waals surface area contributed by atoms with E-state index in [4.69, 9.17) is 9.11 Å². The van der Waals surface area contributed by atoms with Crippen LogP contribution in [0.4, 0.5) is 11.5 Å². The van der Waals surface area contributed by atoms with Gasteiger partial charge < -0.3 is 15.0 Å². The van der Waals surface area contributed by atoms with E-state index in [-0.39, 0.29) is 12.5 Å². The molecule has 6 nitrogen and oxygen atoms in total. The Labute approximate surface area is 210 Å². The predicted octanol–water partition coefficient (Wildman–Crippen LogP) is 4.82. The van der Waals surface area contributed by atoms with Crippen LogP contribution >= 0.6 is 11.5 Å². The first-order valence-electron chi connectivity index (χ1n) is 12.1. The van der Waals surface area contributed by atoms with Gasteiger partial charge in [-0.25, -0.2) is 0 Å². The van der Waals surface area contributed by atoms with E-state index in [0.29, 0.717) is 6.61 Å². The summed E-state index contributed by atoms with van der Waals surface area (Å²) < 4.78 is 11.5. The molecule has 1 fully saturated rings. The first kappa shape index (κ1) is 23.5. The van der Waals surface area contributed by atoms with E-state index < -0.39 is 0 Å². The lowest BCUT2D eigenvalue weighted by atomic mass is 10.1. The third-order valence-electron chi connectivity index (χ3n) is 6.30. The van der Waals surface area contributed by atoms with Gasteiger partial charge in [-0.2, -0.15) is 4.37 Å². The van der Waals surface area contributed by atoms with Crippen molar-refractivity contribution in [3.8, 4) is 0 Å². The van der Waals surface area contributed by atoms with E-state index in [9.17, 15) is 4.79 Å². The highest BCUT2D eigenvalue weighted by Gasteiger charge is 2.20. The van der Waals surface area contributed by atoms with E-state index in [1.807, 2.05) is 42.5 Å². The predicted molar refractivity (Wildman–Crippen MR) is 143 cm³/mol. The standard InChI is InChI=1S/C28H30N4O2S/c33-27(21-34-20-23-7-2-1-3-8-23)29-24-10-6-9-22(19-24)13-14-31-15-17-32(18-16-31)28-25-11-4-5-12-26(25)35-30-28/h1-12,19H,13-18,20-21H2,(H,29,33). The maximum Gasteiger partial charge on any atom is 0.250 e. The van der Waals surface area contributed by atoms with Crippen molar-refractivity contribution >= 4 is 39.0 Å². The summed E-state index contributed by atoms with van der Waals surface area (Å²) in [6.07, 6.45) is 0.952. The number of nitrogens with zero attached hydrogens (tertiary/aromatic N) is 3. The van der Waals surface area contributed by atoms with E-state index >= 15 is 0 Å². The summed E-state index contributed by atoms with van der Waals surface area (Å²) >= 11 is 1.58. The normalized spacial score (nSPS) is 14.3. The number of carbonyl (C=O) groups excluding carboxylic acids is 1. The lowest BCUT2D eigenvalue weighted by molar-refractivity contribution is -0.121. The van der Waals surface area contributed by atoms with Crippen molar-refractivity contribution in [3.63, 3.8) is 0 Å². The molecule has 1 N–H and O–H groups in total. The van der Waals surface area contributed by atoms with E-state index in [0.717, 1.165) is 56.2 Å². The molecule has 0 saturated carbocycles. The molecule has 1 saturated heterocycles. The zero-order valence-electron chi connectivity index (χ0n) is 19.7. The van der Waals surface area contributed by atoms with Crippen molar-refractivity contribution in [2.24, 2.45) is 0 Å². The Bertz CT molecular complexity index is 1250. The van der Waals surface area contributed by atoms with Crippen molar-refractivity contribution in [2.45, 2.75) is 13.0 Å². The summed E-state index contributed by atoms with van der Waals surface area (Å²) in [4.78, 5) is 17.2. The Morgan fingerprint density at radius 3 is 2.54 bits per heavy atom. The molecule has 3 aromatic carbocycles. The molecule has 1 aliphatic rings. The molecular formula is C28H30N4O2S. The lowest BCUT2D eigenvalue weighted by Gasteiger charge is -2.35. The second-order valence-electron chi connectivity index (χ2n) is 8.81. The highest BCUT2D eigenvalue weighted by molar-refractivity contribution is 7.13. The zero-order chi connectivity index (χ0) is 23.9. The van der Waals surface area contributed by atoms with Crippen LogP contribution in [0.2, 0.25) is 0 Å². The van der Waals surface area contributed by atoms with Gasteiger partial charge in [-0.05, 0) is 53.3 Å². The van der Waals surface area contributed by atoms with Gasteiger partial charge in [0, 0.05) is 43.8 Å². The van der Waals surface area contributed by atoms with Gasteiger partial charge in [-0.15, -0.1) is 0 Å². The number of anilines is 2. The number of nitrogens with one attached hydrogen (secondary N) is 1. The molecule has 0 unspecified atom stereocenters. The minimum atomic E-state index is -0.135. The summed E-state index contributed by atoms with van der Waals surface area (Å²) in [5.41, 5.74) is 3.10. The first-order valence-corrected chi connectivity index (χ1v) is 12.8.